The normalized spacial score (nSPS) is 16.0. The van der Waals surface area contributed by atoms with Crippen molar-refractivity contribution in [2.75, 3.05) is 13.2 Å². The molecule has 0 aliphatic carbocycles. The summed E-state index contributed by atoms with van der Waals surface area (Å²) in [6.45, 7) is 14.3. The van der Waals surface area contributed by atoms with Crippen LogP contribution in [-0.4, -0.2) is 41.4 Å². The van der Waals surface area contributed by atoms with Crippen LogP contribution in [0.4, 0.5) is 0 Å². The van der Waals surface area contributed by atoms with E-state index >= 15 is 0 Å². The highest BCUT2D eigenvalue weighted by molar-refractivity contribution is 7.92. The van der Waals surface area contributed by atoms with E-state index in [9.17, 15) is 8.42 Å². The fourth-order valence-electron chi connectivity index (χ4n) is 2.94. The first-order valence-electron chi connectivity index (χ1n) is 9.77. The molecular weight excluding hydrogens is 362 g/mol. The molecule has 0 atom stereocenters. The maximum atomic E-state index is 12.3. The van der Waals surface area contributed by atoms with Gasteiger partial charge in [0.1, 0.15) is 11.3 Å². The zero-order valence-electron chi connectivity index (χ0n) is 17.4. The zero-order valence-corrected chi connectivity index (χ0v) is 18.2. The van der Waals surface area contributed by atoms with E-state index in [1.165, 1.54) is 6.20 Å². The molecule has 152 valence electrons. The lowest BCUT2D eigenvalue weighted by Gasteiger charge is -2.22. The number of hydrogen-bond acceptors (Lipinski definition) is 5. The van der Waals surface area contributed by atoms with Gasteiger partial charge in [-0.05, 0) is 51.5 Å². The number of fused-ring (bicyclic) bond motifs is 1. The minimum atomic E-state index is -3.33. The second-order valence-corrected chi connectivity index (χ2v) is 10.7. The summed E-state index contributed by atoms with van der Waals surface area (Å²) >= 11 is 0. The molecule has 0 aromatic carbocycles. The fraction of sp³-hybridized carbons (Fsp3) is 0.700. The van der Waals surface area contributed by atoms with Gasteiger partial charge in [-0.25, -0.2) is 18.4 Å². The molecule has 6 nitrogen and oxygen atoms in total. The number of sulfone groups is 1. The van der Waals surface area contributed by atoms with E-state index in [0.717, 1.165) is 50.0 Å². The van der Waals surface area contributed by atoms with Gasteiger partial charge in [-0.15, -0.1) is 0 Å². The summed E-state index contributed by atoms with van der Waals surface area (Å²) < 4.78 is 32.1. The van der Waals surface area contributed by atoms with Crippen LogP contribution < -0.4 is 0 Å². The Morgan fingerprint density at radius 1 is 1.19 bits per heavy atom. The van der Waals surface area contributed by atoms with E-state index in [2.05, 4.69) is 35.3 Å². The van der Waals surface area contributed by atoms with Gasteiger partial charge in [0.05, 0.1) is 10.1 Å². The highest BCUT2D eigenvalue weighted by Crippen LogP contribution is 2.24. The molecule has 2 aromatic heterocycles. The molecule has 27 heavy (non-hydrogen) atoms. The smallest absolute Gasteiger partial charge is 0.182 e. The summed E-state index contributed by atoms with van der Waals surface area (Å²) in [5.41, 5.74) is 1.41. The molecule has 0 spiro atoms. The van der Waals surface area contributed by atoms with E-state index in [-0.39, 0.29) is 4.90 Å². The van der Waals surface area contributed by atoms with Crippen molar-refractivity contribution < 1.29 is 13.2 Å². The topological polar surface area (TPSA) is 74.1 Å². The Morgan fingerprint density at radius 2 is 1.78 bits per heavy atom. The monoisotopic (exact) mass is 395 g/mol. The van der Waals surface area contributed by atoms with Crippen LogP contribution in [0.5, 0.6) is 0 Å². The van der Waals surface area contributed by atoms with E-state index in [1.54, 1.807) is 19.9 Å². The van der Waals surface area contributed by atoms with Gasteiger partial charge in [0, 0.05) is 26.0 Å². The van der Waals surface area contributed by atoms with Crippen molar-refractivity contribution >= 4 is 21.0 Å². The predicted octanol–water partition coefficient (Wildman–Crippen LogP) is 4.01. The van der Waals surface area contributed by atoms with Crippen LogP contribution >= 0.6 is 0 Å². The quantitative estimate of drug-likeness (QED) is 0.782. The lowest BCUT2D eigenvalue weighted by Crippen LogP contribution is -2.21. The van der Waals surface area contributed by atoms with Gasteiger partial charge in [-0.3, -0.25) is 0 Å². The molecule has 2 aromatic rings. The fourth-order valence-corrected chi connectivity index (χ4v) is 3.96. The molecule has 1 aliphatic rings. The van der Waals surface area contributed by atoms with Crippen molar-refractivity contribution in [2.24, 2.45) is 11.8 Å². The third-order valence-electron chi connectivity index (χ3n) is 4.48. The molecule has 1 fully saturated rings. The average Bonchev–Trinajstić information content (AvgIpc) is 2.90. The molecule has 1 aliphatic heterocycles. The van der Waals surface area contributed by atoms with Gasteiger partial charge in [0.15, 0.2) is 15.5 Å². The van der Waals surface area contributed by atoms with Gasteiger partial charge >= 0.3 is 0 Å². The van der Waals surface area contributed by atoms with Gasteiger partial charge in [0.2, 0.25) is 0 Å². The maximum Gasteiger partial charge on any atom is 0.182 e. The Kier molecular flexibility index (Phi) is 7.40. The Labute approximate surface area is 163 Å². The standard InChI is InChI=1S/C16H23N3O3S.C4H10/c1-11(2)23(20,21)14-8-15-16(17-9-14)19(12(3)18-15)10-13-4-6-22-7-5-13;1-4(2)3/h8-9,11,13H,4-7,10H2,1-3H3;4H,1-3H3. The van der Waals surface area contributed by atoms with Crippen LogP contribution in [0.1, 0.15) is 53.3 Å². The molecule has 0 amide bonds. The number of aryl methyl sites for hydroxylation is 1. The van der Waals surface area contributed by atoms with E-state index in [4.69, 9.17) is 4.74 Å². The number of hydrogen-bond donors (Lipinski definition) is 0. The third kappa shape index (κ3) is 5.51. The lowest BCUT2D eigenvalue weighted by atomic mass is 10.0. The highest BCUT2D eigenvalue weighted by atomic mass is 32.2. The van der Waals surface area contributed by atoms with Crippen LogP contribution in [-0.2, 0) is 21.1 Å². The summed E-state index contributed by atoms with van der Waals surface area (Å²) in [5, 5.41) is -0.466. The summed E-state index contributed by atoms with van der Waals surface area (Å²) in [4.78, 5) is 9.17. The van der Waals surface area contributed by atoms with Gasteiger partial charge in [-0.1, -0.05) is 20.8 Å². The van der Waals surface area contributed by atoms with E-state index in [0.29, 0.717) is 11.4 Å². The molecule has 7 heteroatoms. The Bertz CT molecular complexity index is 848. The van der Waals surface area contributed by atoms with Crippen LogP contribution in [0.2, 0.25) is 0 Å². The first kappa shape index (κ1) is 21.8. The summed E-state index contributed by atoms with van der Waals surface area (Å²) in [6.07, 6.45) is 3.54. The average molecular weight is 396 g/mol. The minimum absolute atomic E-state index is 0.246. The third-order valence-corrected chi connectivity index (χ3v) is 6.60. The summed E-state index contributed by atoms with van der Waals surface area (Å²) in [7, 11) is -3.33. The second-order valence-electron chi connectivity index (χ2n) is 8.16. The van der Waals surface area contributed by atoms with Crippen LogP contribution in [0.25, 0.3) is 11.2 Å². The molecule has 0 bridgehead atoms. The molecule has 1 saturated heterocycles. The maximum absolute atomic E-state index is 12.3. The Morgan fingerprint density at radius 3 is 2.33 bits per heavy atom. The lowest BCUT2D eigenvalue weighted by molar-refractivity contribution is 0.0614. The molecule has 0 saturated carbocycles. The van der Waals surface area contributed by atoms with Crippen LogP contribution in [0.3, 0.4) is 0 Å². The number of rotatable bonds is 4. The predicted molar refractivity (Wildman–Crippen MR) is 109 cm³/mol. The molecule has 0 radical (unpaired) electrons. The van der Waals surface area contributed by atoms with Crippen LogP contribution in [0, 0.1) is 18.8 Å². The molecule has 0 N–H and O–H groups in total. The van der Waals surface area contributed by atoms with E-state index in [1.807, 2.05) is 6.92 Å². The van der Waals surface area contributed by atoms with Gasteiger partial charge < -0.3 is 9.30 Å². The zero-order chi connectivity index (χ0) is 20.2. The number of ether oxygens (including phenoxy) is 1. The Balaban J connectivity index is 0.000000596. The summed E-state index contributed by atoms with van der Waals surface area (Å²) in [6, 6.07) is 1.64. The second kappa shape index (κ2) is 9.15. The molecule has 0 unspecified atom stereocenters. The van der Waals surface area contributed by atoms with Crippen molar-refractivity contribution in [3.63, 3.8) is 0 Å². The van der Waals surface area contributed by atoms with Crippen molar-refractivity contribution in [1.82, 2.24) is 14.5 Å². The Hall–Kier alpha value is -1.47. The SMILES string of the molecule is CC(C)C.Cc1nc2cc(S(=O)(=O)C(C)C)cnc2n1CC1CCOCC1. The van der Waals surface area contributed by atoms with Crippen molar-refractivity contribution in [3.8, 4) is 0 Å². The van der Waals surface area contributed by atoms with Gasteiger partial charge in [0.25, 0.3) is 0 Å². The number of aromatic nitrogens is 3. The number of imidazole rings is 1. The molecule has 3 heterocycles. The van der Waals surface area contributed by atoms with E-state index < -0.39 is 15.1 Å². The molecule has 3 rings (SSSR count). The summed E-state index contributed by atoms with van der Waals surface area (Å²) in [5.74, 6) is 2.26. The van der Waals surface area contributed by atoms with Crippen molar-refractivity contribution in [2.45, 2.75) is 71.1 Å². The largest absolute Gasteiger partial charge is 0.381 e. The first-order chi connectivity index (χ1) is 12.6. The number of pyridine rings is 1. The number of nitrogens with zero attached hydrogens (tertiary/aromatic N) is 3. The first-order valence-corrected chi connectivity index (χ1v) is 11.3. The van der Waals surface area contributed by atoms with Crippen molar-refractivity contribution in [1.29, 1.82) is 0 Å². The van der Waals surface area contributed by atoms with Crippen molar-refractivity contribution in [3.05, 3.63) is 18.1 Å². The van der Waals surface area contributed by atoms with Gasteiger partial charge in [-0.2, -0.15) is 0 Å². The highest BCUT2D eigenvalue weighted by Gasteiger charge is 2.22. The van der Waals surface area contributed by atoms with Crippen LogP contribution in [0.15, 0.2) is 17.2 Å². The minimum Gasteiger partial charge on any atom is -0.381 e. The molecular formula is C20H33N3O3S.